The summed E-state index contributed by atoms with van der Waals surface area (Å²) in [6.07, 6.45) is 1.66. The number of ether oxygens (including phenoxy) is 1. The first-order valence-corrected chi connectivity index (χ1v) is 8.13. The molecule has 0 spiro atoms. The fourth-order valence-electron chi connectivity index (χ4n) is 3.45. The average Bonchev–Trinajstić information content (AvgIpc) is 3.17. The van der Waals surface area contributed by atoms with Crippen LogP contribution in [0.1, 0.15) is 13.8 Å². The van der Waals surface area contributed by atoms with Gasteiger partial charge in [0.15, 0.2) is 0 Å². The van der Waals surface area contributed by atoms with Crippen LogP contribution in [0.3, 0.4) is 0 Å². The predicted molar refractivity (Wildman–Crippen MR) is 89.1 cm³/mol. The van der Waals surface area contributed by atoms with E-state index in [-0.39, 0.29) is 5.91 Å². The average molecular weight is 333 g/mol. The molecule has 130 valence electrons. The summed E-state index contributed by atoms with van der Waals surface area (Å²) in [5, 5.41) is 9.24. The van der Waals surface area contributed by atoms with Crippen molar-refractivity contribution in [2.45, 2.75) is 13.8 Å². The first-order valence-electron chi connectivity index (χ1n) is 8.13. The highest BCUT2D eigenvalue weighted by atomic mass is 16.5. The first-order chi connectivity index (χ1) is 11.3. The topological polar surface area (TPSA) is 83.0 Å². The second-order valence-electron chi connectivity index (χ2n) is 6.99. The Labute approximate surface area is 141 Å². The number of morpholine rings is 1. The van der Waals surface area contributed by atoms with E-state index in [0.29, 0.717) is 18.9 Å². The van der Waals surface area contributed by atoms with Crippen molar-refractivity contribution in [2.75, 3.05) is 43.2 Å². The Morgan fingerprint density at radius 1 is 1.29 bits per heavy atom. The minimum atomic E-state index is -0.910. The molecular weight excluding hydrogens is 310 g/mol. The minimum Gasteiger partial charge on any atom is -0.481 e. The van der Waals surface area contributed by atoms with Gasteiger partial charge in [0.2, 0.25) is 5.91 Å². The lowest BCUT2D eigenvalue weighted by Crippen LogP contribution is -2.36. The van der Waals surface area contributed by atoms with Crippen molar-refractivity contribution >= 4 is 23.4 Å². The molecule has 2 fully saturated rings. The molecule has 1 aliphatic heterocycles. The van der Waals surface area contributed by atoms with Crippen LogP contribution in [-0.4, -0.2) is 55.3 Å². The summed E-state index contributed by atoms with van der Waals surface area (Å²) in [4.78, 5) is 32.0. The van der Waals surface area contributed by atoms with Crippen LogP contribution in [0.4, 0.5) is 11.5 Å². The Kier molecular flexibility index (Phi) is 4.21. The highest BCUT2D eigenvalue weighted by Crippen LogP contribution is 2.59. The Morgan fingerprint density at radius 3 is 2.46 bits per heavy atom. The first kappa shape index (κ1) is 16.7. The van der Waals surface area contributed by atoms with Crippen molar-refractivity contribution in [3.8, 4) is 0 Å². The molecule has 1 saturated heterocycles. The summed E-state index contributed by atoms with van der Waals surface area (Å²) in [5.74, 6) is -1.33. The summed E-state index contributed by atoms with van der Waals surface area (Å²) in [6, 6.07) is 3.73. The molecule has 1 saturated carbocycles. The predicted octanol–water partition coefficient (Wildman–Crippen LogP) is 1.24. The second-order valence-corrected chi connectivity index (χ2v) is 6.99. The van der Waals surface area contributed by atoms with Crippen LogP contribution < -0.4 is 9.80 Å². The molecule has 1 aromatic rings. The Morgan fingerprint density at radius 2 is 1.96 bits per heavy atom. The SMILES string of the molecule is CN(C(=O)[C@@H]1[C@H](C(=O)O)C1(C)C)c1ccc(N2CCOCC2)nc1. The van der Waals surface area contributed by atoms with Gasteiger partial charge < -0.3 is 19.6 Å². The van der Waals surface area contributed by atoms with Gasteiger partial charge in [0, 0.05) is 20.1 Å². The number of pyridine rings is 1. The van der Waals surface area contributed by atoms with Crippen LogP contribution >= 0.6 is 0 Å². The molecule has 24 heavy (non-hydrogen) atoms. The zero-order chi connectivity index (χ0) is 17.5. The molecule has 1 aromatic heterocycles. The standard InChI is InChI=1S/C17H23N3O4/c1-17(2)13(14(17)16(22)23)15(21)19(3)11-4-5-12(18-10-11)20-6-8-24-9-7-20/h4-5,10,13-14H,6-9H2,1-3H3,(H,22,23)/t13-,14+/m0/s1. The lowest BCUT2D eigenvalue weighted by atomic mass is 10.1. The third kappa shape index (κ3) is 2.84. The zero-order valence-electron chi connectivity index (χ0n) is 14.2. The number of carbonyl (C=O) groups excluding carboxylic acids is 1. The van der Waals surface area contributed by atoms with Crippen LogP contribution in [0.25, 0.3) is 0 Å². The molecule has 3 rings (SSSR count). The largest absolute Gasteiger partial charge is 0.481 e. The van der Waals surface area contributed by atoms with Crippen LogP contribution in [0.15, 0.2) is 18.3 Å². The number of aliphatic carboxylic acids is 1. The molecule has 0 radical (unpaired) electrons. The van der Waals surface area contributed by atoms with Crippen molar-refractivity contribution < 1.29 is 19.4 Å². The van der Waals surface area contributed by atoms with Gasteiger partial charge in [0.05, 0.1) is 36.9 Å². The molecule has 1 amide bonds. The van der Waals surface area contributed by atoms with Crippen molar-refractivity contribution in [3.63, 3.8) is 0 Å². The van der Waals surface area contributed by atoms with Crippen molar-refractivity contribution in [2.24, 2.45) is 17.3 Å². The van der Waals surface area contributed by atoms with Crippen LogP contribution in [0.5, 0.6) is 0 Å². The van der Waals surface area contributed by atoms with Gasteiger partial charge in [-0.1, -0.05) is 13.8 Å². The van der Waals surface area contributed by atoms with Gasteiger partial charge in [-0.3, -0.25) is 9.59 Å². The number of carbonyl (C=O) groups is 2. The number of nitrogens with zero attached hydrogens (tertiary/aromatic N) is 3. The Balaban J connectivity index is 1.70. The molecule has 1 N–H and O–H groups in total. The highest BCUT2D eigenvalue weighted by Gasteiger charge is 2.66. The maximum absolute atomic E-state index is 12.6. The van der Waals surface area contributed by atoms with E-state index in [9.17, 15) is 14.7 Å². The highest BCUT2D eigenvalue weighted by molar-refractivity contribution is 6.01. The second kappa shape index (κ2) is 6.05. The maximum Gasteiger partial charge on any atom is 0.307 e. The van der Waals surface area contributed by atoms with Crippen LogP contribution in [-0.2, 0) is 14.3 Å². The number of aromatic nitrogens is 1. The van der Waals surface area contributed by atoms with E-state index >= 15 is 0 Å². The molecule has 0 aromatic carbocycles. The van der Waals surface area contributed by atoms with Gasteiger partial charge in [-0.2, -0.15) is 0 Å². The number of anilines is 2. The molecule has 2 aliphatic rings. The number of hydrogen-bond acceptors (Lipinski definition) is 5. The maximum atomic E-state index is 12.6. The number of rotatable bonds is 4. The smallest absolute Gasteiger partial charge is 0.307 e. The molecule has 2 atom stereocenters. The summed E-state index contributed by atoms with van der Waals surface area (Å²) < 4.78 is 5.33. The molecule has 0 unspecified atom stereocenters. The van der Waals surface area contributed by atoms with Crippen molar-refractivity contribution in [1.29, 1.82) is 0 Å². The summed E-state index contributed by atoms with van der Waals surface area (Å²) in [6.45, 7) is 6.63. The van der Waals surface area contributed by atoms with E-state index in [1.807, 2.05) is 26.0 Å². The summed E-state index contributed by atoms with van der Waals surface area (Å²) in [7, 11) is 1.67. The van der Waals surface area contributed by atoms with Gasteiger partial charge in [0.1, 0.15) is 5.82 Å². The van der Waals surface area contributed by atoms with Crippen molar-refractivity contribution in [1.82, 2.24) is 4.98 Å². The van der Waals surface area contributed by atoms with E-state index in [1.54, 1.807) is 13.2 Å². The lowest BCUT2D eigenvalue weighted by molar-refractivity contribution is -0.140. The zero-order valence-corrected chi connectivity index (χ0v) is 14.2. The number of carboxylic acid groups (broad SMARTS) is 1. The Bertz CT molecular complexity index is 638. The number of carboxylic acids is 1. The third-order valence-electron chi connectivity index (χ3n) is 5.14. The van der Waals surface area contributed by atoms with Crippen LogP contribution in [0.2, 0.25) is 0 Å². The molecule has 1 aliphatic carbocycles. The summed E-state index contributed by atoms with van der Waals surface area (Å²) >= 11 is 0. The van der Waals surface area contributed by atoms with E-state index in [4.69, 9.17) is 4.74 Å². The van der Waals surface area contributed by atoms with Gasteiger partial charge in [0.25, 0.3) is 0 Å². The van der Waals surface area contributed by atoms with Crippen molar-refractivity contribution in [3.05, 3.63) is 18.3 Å². The van der Waals surface area contributed by atoms with Gasteiger partial charge in [-0.25, -0.2) is 4.98 Å². The van der Waals surface area contributed by atoms with Gasteiger partial charge >= 0.3 is 5.97 Å². The minimum absolute atomic E-state index is 0.173. The fourth-order valence-corrected chi connectivity index (χ4v) is 3.45. The molecule has 2 heterocycles. The fraction of sp³-hybridized carbons (Fsp3) is 0.588. The molecule has 0 bridgehead atoms. The Hall–Kier alpha value is -2.15. The molecular formula is C17H23N3O4. The molecule has 7 heteroatoms. The lowest BCUT2D eigenvalue weighted by Gasteiger charge is -2.28. The van der Waals surface area contributed by atoms with Gasteiger partial charge in [-0.05, 0) is 17.5 Å². The van der Waals surface area contributed by atoms with E-state index < -0.39 is 23.2 Å². The van der Waals surface area contributed by atoms with Gasteiger partial charge in [-0.15, -0.1) is 0 Å². The normalized spacial score (nSPS) is 25.2. The van der Waals surface area contributed by atoms with E-state index in [1.165, 1.54) is 4.90 Å². The van der Waals surface area contributed by atoms with E-state index in [2.05, 4.69) is 9.88 Å². The third-order valence-corrected chi connectivity index (χ3v) is 5.14. The van der Waals surface area contributed by atoms with E-state index in [0.717, 1.165) is 18.9 Å². The quantitative estimate of drug-likeness (QED) is 0.892. The monoisotopic (exact) mass is 333 g/mol. The molecule has 7 nitrogen and oxygen atoms in total. The number of hydrogen-bond donors (Lipinski definition) is 1. The number of amides is 1. The summed E-state index contributed by atoms with van der Waals surface area (Å²) in [5.41, 5.74) is 0.169. The van der Waals surface area contributed by atoms with Crippen LogP contribution in [0, 0.1) is 17.3 Å².